The number of aryl methyl sites for hydroxylation is 1. The van der Waals surface area contributed by atoms with Crippen LogP contribution in [0.15, 0.2) is 22.4 Å². The lowest BCUT2D eigenvalue weighted by atomic mass is 10.2. The van der Waals surface area contributed by atoms with Crippen molar-refractivity contribution in [3.63, 3.8) is 0 Å². The topological polar surface area (TPSA) is 61.9 Å². The van der Waals surface area contributed by atoms with Gasteiger partial charge in [0, 0.05) is 42.8 Å². The molecule has 18 heavy (non-hydrogen) atoms. The first-order valence-electron chi connectivity index (χ1n) is 5.74. The van der Waals surface area contributed by atoms with Gasteiger partial charge in [-0.05, 0) is 6.92 Å². The highest BCUT2D eigenvalue weighted by atomic mass is 32.1. The first-order valence-corrected chi connectivity index (χ1v) is 6.62. The molecule has 0 saturated heterocycles. The predicted molar refractivity (Wildman–Crippen MR) is 73.4 cm³/mol. The van der Waals surface area contributed by atoms with Crippen molar-refractivity contribution in [1.82, 2.24) is 15.0 Å². The molecule has 1 unspecified atom stereocenters. The van der Waals surface area contributed by atoms with E-state index >= 15 is 0 Å². The molecule has 6 heteroatoms. The van der Waals surface area contributed by atoms with Gasteiger partial charge in [0.2, 0.25) is 5.95 Å². The van der Waals surface area contributed by atoms with Gasteiger partial charge in [-0.2, -0.15) is 0 Å². The standard InChI is InChI=1S/C12H16N4OS/c1-8(11-13-4-5-18-11)7-16(3)12-14-9(2)6-10(17)15-12/h4-6,8H,7H2,1-3H3,(H,14,15,17). The van der Waals surface area contributed by atoms with Crippen molar-refractivity contribution in [2.75, 3.05) is 18.5 Å². The Kier molecular flexibility index (Phi) is 3.76. The van der Waals surface area contributed by atoms with Crippen LogP contribution in [-0.2, 0) is 0 Å². The Bertz CT molecular complexity index is 564. The molecule has 1 atom stereocenters. The fraction of sp³-hybridized carbons (Fsp3) is 0.417. The zero-order valence-electron chi connectivity index (χ0n) is 10.7. The Morgan fingerprint density at radius 2 is 2.33 bits per heavy atom. The molecule has 0 saturated carbocycles. The molecule has 2 heterocycles. The van der Waals surface area contributed by atoms with Crippen molar-refractivity contribution >= 4 is 17.3 Å². The number of thiazole rings is 1. The maximum atomic E-state index is 11.4. The van der Waals surface area contributed by atoms with Crippen molar-refractivity contribution in [3.8, 4) is 0 Å². The minimum absolute atomic E-state index is 0.119. The van der Waals surface area contributed by atoms with Crippen molar-refractivity contribution in [1.29, 1.82) is 0 Å². The molecule has 96 valence electrons. The van der Waals surface area contributed by atoms with Crippen LogP contribution >= 0.6 is 11.3 Å². The molecule has 2 rings (SSSR count). The monoisotopic (exact) mass is 264 g/mol. The highest BCUT2D eigenvalue weighted by molar-refractivity contribution is 7.09. The summed E-state index contributed by atoms with van der Waals surface area (Å²) in [7, 11) is 1.92. The molecule has 2 aromatic rings. The fourth-order valence-electron chi connectivity index (χ4n) is 1.80. The number of rotatable bonds is 4. The van der Waals surface area contributed by atoms with Gasteiger partial charge in [0.25, 0.3) is 5.56 Å². The van der Waals surface area contributed by atoms with Gasteiger partial charge in [0.1, 0.15) is 0 Å². The summed E-state index contributed by atoms with van der Waals surface area (Å²) in [4.78, 5) is 24.7. The van der Waals surface area contributed by atoms with Crippen LogP contribution < -0.4 is 10.5 Å². The molecule has 0 aromatic carbocycles. The van der Waals surface area contributed by atoms with E-state index in [4.69, 9.17) is 0 Å². The number of hydrogen-bond acceptors (Lipinski definition) is 5. The number of nitrogens with zero attached hydrogens (tertiary/aromatic N) is 3. The third kappa shape index (κ3) is 2.95. The number of hydrogen-bond donors (Lipinski definition) is 1. The lowest BCUT2D eigenvalue weighted by Gasteiger charge is -2.20. The van der Waals surface area contributed by atoms with Crippen molar-refractivity contribution in [2.24, 2.45) is 0 Å². The minimum atomic E-state index is -0.119. The molecule has 0 radical (unpaired) electrons. The molecule has 0 fully saturated rings. The summed E-state index contributed by atoms with van der Waals surface area (Å²) < 4.78 is 0. The predicted octanol–water partition coefficient (Wildman–Crippen LogP) is 1.77. The van der Waals surface area contributed by atoms with E-state index in [-0.39, 0.29) is 5.56 Å². The van der Waals surface area contributed by atoms with Crippen LogP contribution in [0.1, 0.15) is 23.5 Å². The highest BCUT2D eigenvalue weighted by Crippen LogP contribution is 2.19. The maximum absolute atomic E-state index is 11.4. The van der Waals surface area contributed by atoms with Crippen LogP contribution in [0, 0.1) is 6.92 Å². The number of anilines is 1. The maximum Gasteiger partial charge on any atom is 0.252 e. The zero-order chi connectivity index (χ0) is 13.1. The SMILES string of the molecule is Cc1cc(=O)[nH]c(N(C)CC(C)c2nccs2)n1. The second kappa shape index (κ2) is 5.30. The Morgan fingerprint density at radius 1 is 1.56 bits per heavy atom. The summed E-state index contributed by atoms with van der Waals surface area (Å²) in [5.74, 6) is 0.907. The summed E-state index contributed by atoms with van der Waals surface area (Å²) >= 11 is 1.64. The molecule has 5 nitrogen and oxygen atoms in total. The third-order valence-corrected chi connectivity index (χ3v) is 3.65. The van der Waals surface area contributed by atoms with Gasteiger partial charge in [-0.1, -0.05) is 6.92 Å². The average Bonchev–Trinajstić information content (AvgIpc) is 2.80. The van der Waals surface area contributed by atoms with Crippen molar-refractivity contribution < 1.29 is 0 Å². The molecular weight excluding hydrogens is 248 g/mol. The minimum Gasteiger partial charge on any atom is -0.345 e. The lowest BCUT2D eigenvalue weighted by Crippen LogP contribution is -2.27. The Morgan fingerprint density at radius 3 is 2.94 bits per heavy atom. The van der Waals surface area contributed by atoms with Crippen LogP contribution in [0.2, 0.25) is 0 Å². The summed E-state index contributed by atoms with van der Waals surface area (Å²) in [6.07, 6.45) is 1.81. The van der Waals surface area contributed by atoms with Gasteiger partial charge in [0.05, 0.1) is 5.01 Å². The highest BCUT2D eigenvalue weighted by Gasteiger charge is 2.13. The smallest absolute Gasteiger partial charge is 0.252 e. The van der Waals surface area contributed by atoms with Crippen LogP contribution in [0.4, 0.5) is 5.95 Å². The van der Waals surface area contributed by atoms with Gasteiger partial charge >= 0.3 is 0 Å². The van der Waals surface area contributed by atoms with Gasteiger partial charge in [-0.3, -0.25) is 9.78 Å². The Balaban J connectivity index is 2.12. The second-order valence-electron chi connectivity index (χ2n) is 4.36. The molecule has 2 aromatic heterocycles. The van der Waals surface area contributed by atoms with Crippen LogP contribution in [-0.4, -0.2) is 28.5 Å². The third-order valence-electron chi connectivity index (χ3n) is 2.64. The van der Waals surface area contributed by atoms with Gasteiger partial charge in [-0.25, -0.2) is 9.97 Å². The molecule has 0 spiro atoms. The normalized spacial score (nSPS) is 12.4. The molecule has 0 amide bonds. The molecule has 0 bridgehead atoms. The molecule has 0 aliphatic carbocycles. The summed E-state index contributed by atoms with van der Waals surface area (Å²) in [6.45, 7) is 4.69. The fourth-order valence-corrected chi connectivity index (χ4v) is 2.49. The number of aromatic nitrogens is 3. The van der Waals surface area contributed by atoms with E-state index in [0.717, 1.165) is 17.2 Å². The van der Waals surface area contributed by atoms with Crippen molar-refractivity contribution in [3.05, 3.63) is 38.7 Å². The zero-order valence-corrected chi connectivity index (χ0v) is 11.5. The number of H-pyrrole nitrogens is 1. The van der Waals surface area contributed by atoms with Crippen LogP contribution in [0.3, 0.4) is 0 Å². The molecular formula is C12H16N4OS. The van der Waals surface area contributed by atoms with E-state index in [1.165, 1.54) is 6.07 Å². The van der Waals surface area contributed by atoms with Crippen LogP contribution in [0.5, 0.6) is 0 Å². The quantitative estimate of drug-likeness (QED) is 0.914. The Hall–Kier alpha value is -1.69. The van der Waals surface area contributed by atoms with E-state index in [1.807, 2.05) is 30.4 Å². The summed E-state index contributed by atoms with van der Waals surface area (Å²) in [5.41, 5.74) is 0.605. The largest absolute Gasteiger partial charge is 0.345 e. The number of likely N-dealkylation sites (N-methyl/N-ethyl adjacent to an activating group) is 1. The van der Waals surface area contributed by atoms with Crippen molar-refractivity contribution in [2.45, 2.75) is 19.8 Å². The summed E-state index contributed by atoms with van der Waals surface area (Å²) in [5, 5.41) is 3.07. The van der Waals surface area contributed by atoms with Gasteiger partial charge in [0.15, 0.2) is 0 Å². The first-order chi connectivity index (χ1) is 8.56. The molecule has 0 aliphatic heterocycles. The van der Waals surface area contributed by atoms with Crippen LogP contribution in [0.25, 0.3) is 0 Å². The number of nitrogens with one attached hydrogen (secondary N) is 1. The van der Waals surface area contributed by atoms with E-state index in [0.29, 0.717) is 11.9 Å². The molecule has 1 N–H and O–H groups in total. The summed E-state index contributed by atoms with van der Waals surface area (Å²) in [6, 6.07) is 1.49. The average molecular weight is 264 g/mol. The Labute approximate surface area is 110 Å². The van der Waals surface area contributed by atoms with E-state index in [9.17, 15) is 4.79 Å². The van der Waals surface area contributed by atoms with Gasteiger partial charge in [-0.15, -0.1) is 11.3 Å². The van der Waals surface area contributed by atoms with E-state index < -0.39 is 0 Å². The lowest BCUT2D eigenvalue weighted by molar-refractivity contribution is 0.711. The van der Waals surface area contributed by atoms with E-state index in [2.05, 4.69) is 21.9 Å². The van der Waals surface area contributed by atoms with E-state index in [1.54, 1.807) is 11.3 Å². The first kappa shape index (κ1) is 12.8. The van der Waals surface area contributed by atoms with Gasteiger partial charge < -0.3 is 4.90 Å². The molecule has 0 aliphatic rings. The number of aromatic amines is 1. The second-order valence-corrected chi connectivity index (χ2v) is 5.29.